The fourth-order valence-electron chi connectivity index (χ4n) is 2.11. The quantitative estimate of drug-likeness (QED) is 0.559. The largest absolute Gasteiger partial charge is 0.282 e. The third-order valence-electron chi connectivity index (χ3n) is 3.02. The molecule has 2 aromatic rings. The first-order valence-corrected chi connectivity index (χ1v) is 5.17. The normalized spacial score (nSPS) is 14.4. The number of nitrogens with zero attached hydrogens (tertiary/aromatic N) is 1. The Bertz CT molecular complexity index is 769. The fourth-order valence-corrected chi connectivity index (χ4v) is 2.11. The summed E-state index contributed by atoms with van der Waals surface area (Å²) < 4.78 is 54.2. The van der Waals surface area contributed by atoms with Gasteiger partial charge in [-0.3, -0.25) is 10.8 Å². The molecule has 7 heteroatoms. The molecule has 0 aliphatic carbocycles. The lowest BCUT2D eigenvalue weighted by Crippen LogP contribution is -2.20. The third-order valence-corrected chi connectivity index (χ3v) is 3.02. The predicted octanol–water partition coefficient (Wildman–Crippen LogP) is 3.11. The van der Waals surface area contributed by atoms with Gasteiger partial charge in [0.2, 0.25) is 0 Å². The number of hydrogen-bond acceptors (Lipinski definition) is 2. The lowest BCUT2D eigenvalue weighted by molar-refractivity contribution is 0.227. The zero-order valence-electron chi connectivity index (χ0n) is 9.19. The van der Waals surface area contributed by atoms with Crippen LogP contribution in [0.15, 0.2) is 18.2 Å². The van der Waals surface area contributed by atoms with Gasteiger partial charge in [-0.05, 0) is 17.5 Å². The van der Waals surface area contributed by atoms with Gasteiger partial charge in [-0.1, -0.05) is 10.5 Å². The van der Waals surface area contributed by atoms with Crippen LogP contribution in [0.3, 0.4) is 0 Å². The molecule has 3 rings (SSSR count). The van der Waals surface area contributed by atoms with Crippen LogP contribution in [-0.2, 0) is 0 Å². The molecule has 0 radical (unpaired) electrons. The second-order valence-corrected chi connectivity index (χ2v) is 4.05. The van der Waals surface area contributed by atoms with E-state index in [9.17, 15) is 17.7 Å². The summed E-state index contributed by atoms with van der Waals surface area (Å²) in [6.45, 7) is 0. The third kappa shape index (κ3) is 1.32. The lowest BCUT2D eigenvalue weighted by Gasteiger charge is -2.06. The van der Waals surface area contributed by atoms with Gasteiger partial charge in [0.15, 0.2) is 23.3 Å². The topological polar surface area (TPSA) is 50.9 Å². The zero-order valence-corrected chi connectivity index (χ0v) is 9.19. The molecule has 2 aromatic carbocycles. The number of rotatable bonds is 0. The molecule has 2 N–H and O–H groups in total. The van der Waals surface area contributed by atoms with E-state index in [2.05, 4.69) is 0 Å². The van der Waals surface area contributed by atoms with Crippen LogP contribution < -0.4 is 0 Å². The van der Waals surface area contributed by atoms with E-state index in [1.54, 1.807) is 0 Å². The van der Waals surface area contributed by atoms with Crippen molar-refractivity contribution in [3.8, 4) is 0 Å². The van der Waals surface area contributed by atoms with Crippen molar-refractivity contribution in [2.75, 3.05) is 0 Å². The average molecular weight is 267 g/mol. The fraction of sp³-hybridized carbons (Fsp3) is 0. The van der Waals surface area contributed by atoms with Crippen molar-refractivity contribution >= 4 is 22.4 Å². The Hall–Kier alpha value is -2.44. The highest BCUT2D eigenvalue weighted by Crippen LogP contribution is 2.33. The minimum atomic E-state index is -1.39. The maximum atomic E-state index is 14.2. The second kappa shape index (κ2) is 3.53. The summed E-state index contributed by atoms with van der Waals surface area (Å²) in [7, 11) is 0. The van der Waals surface area contributed by atoms with Gasteiger partial charge in [-0.15, -0.1) is 5.12 Å². The summed E-state index contributed by atoms with van der Waals surface area (Å²) in [5.74, 6) is -5.47. The second-order valence-electron chi connectivity index (χ2n) is 4.05. The van der Waals surface area contributed by atoms with Crippen molar-refractivity contribution in [1.82, 2.24) is 5.12 Å². The molecule has 19 heavy (non-hydrogen) atoms. The lowest BCUT2D eigenvalue weighted by atomic mass is 10.0. The van der Waals surface area contributed by atoms with Crippen molar-refractivity contribution in [3.05, 3.63) is 46.8 Å². The molecule has 0 saturated heterocycles. The first-order chi connectivity index (χ1) is 8.93. The highest BCUT2D eigenvalue weighted by Gasteiger charge is 2.35. The van der Waals surface area contributed by atoms with E-state index < -0.39 is 40.1 Å². The summed E-state index contributed by atoms with van der Waals surface area (Å²) in [6.07, 6.45) is 0. The van der Waals surface area contributed by atoms with Gasteiger partial charge in [-0.2, -0.15) is 0 Å². The van der Waals surface area contributed by atoms with Crippen LogP contribution in [0.1, 0.15) is 11.1 Å². The van der Waals surface area contributed by atoms with E-state index in [0.29, 0.717) is 0 Å². The highest BCUT2D eigenvalue weighted by molar-refractivity contribution is 6.24. The molecule has 1 heterocycles. The van der Waals surface area contributed by atoms with E-state index in [0.717, 1.165) is 18.2 Å². The molecule has 0 fully saturated rings. The number of benzene rings is 2. The van der Waals surface area contributed by atoms with Crippen LogP contribution in [0.2, 0.25) is 0 Å². The van der Waals surface area contributed by atoms with Crippen molar-refractivity contribution in [2.45, 2.75) is 0 Å². The molecule has 0 spiro atoms. The summed E-state index contributed by atoms with van der Waals surface area (Å²) in [5, 5.41) is 13.8. The van der Waals surface area contributed by atoms with Gasteiger partial charge in [0.25, 0.3) is 0 Å². The van der Waals surface area contributed by atoms with Crippen molar-refractivity contribution in [2.24, 2.45) is 0 Å². The van der Waals surface area contributed by atoms with Crippen LogP contribution in [-0.4, -0.2) is 16.8 Å². The maximum absolute atomic E-state index is 14.2. The van der Waals surface area contributed by atoms with Crippen LogP contribution >= 0.6 is 0 Å². The Morgan fingerprint density at radius 2 is 1.63 bits per heavy atom. The highest BCUT2D eigenvalue weighted by atomic mass is 19.2. The molecular weight excluding hydrogens is 262 g/mol. The van der Waals surface area contributed by atoms with Crippen LogP contribution in [0.25, 0.3) is 10.8 Å². The standard InChI is InChI=1S/C12H5F4N3/c13-6-2-1-4-3-5-8(10(15)7(4)9(6)14)12(18)19(16)11(5)17/h1-3,17-18H. The molecule has 1 aliphatic heterocycles. The molecule has 96 valence electrons. The summed E-state index contributed by atoms with van der Waals surface area (Å²) in [4.78, 5) is 0. The van der Waals surface area contributed by atoms with E-state index in [1.165, 1.54) is 0 Å². The van der Waals surface area contributed by atoms with Gasteiger partial charge >= 0.3 is 0 Å². The summed E-state index contributed by atoms with van der Waals surface area (Å²) in [5.41, 5.74) is -0.701. The Kier molecular flexibility index (Phi) is 2.16. The van der Waals surface area contributed by atoms with Crippen LogP contribution in [0.4, 0.5) is 17.7 Å². The molecular formula is C12H5F4N3. The van der Waals surface area contributed by atoms with E-state index in [4.69, 9.17) is 10.8 Å². The van der Waals surface area contributed by atoms with Gasteiger partial charge in [0.05, 0.1) is 10.9 Å². The predicted molar refractivity (Wildman–Crippen MR) is 60.4 cm³/mol. The Balaban J connectivity index is 2.50. The molecule has 0 atom stereocenters. The number of hydrogen-bond donors (Lipinski definition) is 2. The SMILES string of the molecule is N=C1c2cc3ccc(F)c(F)c3c(F)c2C(=N)N1F. The average Bonchev–Trinajstić information content (AvgIpc) is 2.59. The van der Waals surface area contributed by atoms with Crippen molar-refractivity contribution in [3.63, 3.8) is 0 Å². The van der Waals surface area contributed by atoms with Crippen molar-refractivity contribution < 1.29 is 17.7 Å². The van der Waals surface area contributed by atoms with Crippen LogP contribution in [0, 0.1) is 28.3 Å². The Morgan fingerprint density at radius 3 is 2.32 bits per heavy atom. The molecule has 1 aliphatic rings. The van der Waals surface area contributed by atoms with Gasteiger partial charge in [-0.25, -0.2) is 13.2 Å². The van der Waals surface area contributed by atoms with Gasteiger partial charge in [0, 0.05) is 5.56 Å². The minimum Gasteiger partial charge on any atom is -0.282 e. The van der Waals surface area contributed by atoms with Crippen LogP contribution in [0.5, 0.6) is 0 Å². The van der Waals surface area contributed by atoms with Gasteiger partial charge < -0.3 is 0 Å². The molecule has 0 aromatic heterocycles. The number of fused-ring (bicyclic) bond motifs is 2. The Morgan fingerprint density at radius 1 is 0.947 bits per heavy atom. The number of halogens is 4. The molecule has 0 saturated carbocycles. The van der Waals surface area contributed by atoms with Crippen molar-refractivity contribution in [1.29, 1.82) is 10.8 Å². The minimum absolute atomic E-state index is 0.00278. The van der Waals surface area contributed by atoms with Gasteiger partial charge in [0.1, 0.15) is 5.82 Å². The zero-order chi connectivity index (χ0) is 13.9. The number of amidine groups is 2. The number of nitrogens with one attached hydrogen (secondary N) is 2. The Labute approximate surface area is 104 Å². The first kappa shape index (κ1) is 11.6. The molecule has 0 bridgehead atoms. The van der Waals surface area contributed by atoms with E-state index in [1.807, 2.05) is 0 Å². The molecule has 0 unspecified atom stereocenters. The maximum Gasteiger partial charge on any atom is 0.169 e. The van der Waals surface area contributed by atoms with E-state index in [-0.39, 0.29) is 16.1 Å². The molecule has 0 amide bonds. The first-order valence-electron chi connectivity index (χ1n) is 5.17. The summed E-state index contributed by atoms with van der Waals surface area (Å²) >= 11 is 0. The monoisotopic (exact) mass is 267 g/mol. The summed E-state index contributed by atoms with van der Waals surface area (Å²) in [6, 6.07) is 3.11. The van der Waals surface area contributed by atoms with E-state index >= 15 is 0 Å². The smallest absolute Gasteiger partial charge is 0.169 e. The molecule has 3 nitrogen and oxygen atoms in total.